The van der Waals surface area contributed by atoms with Gasteiger partial charge in [-0.2, -0.15) is 0 Å². The first kappa shape index (κ1) is 18.2. The Labute approximate surface area is 126 Å². The van der Waals surface area contributed by atoms with E-state index in [1.165, 1.54) is 0 Å². The number of carbonyl (C=O) groups is 1. The van der Waals surface area contributed by atoms with Gasteiger partial charge in [-0.3, -0.25) is 4.79 Å². The van der Waals surface area contributed by atoms with E-state index in [1.54, 1.807) is 0 Å². The van der Waals surface area contributed by atoms with Crippen molar-refractivity contribution in [2.24, 2.45) is 5.92 Å². The minimum Gasteiger partial charge on any atom is -0.349 e. The van der Waals surface area contributed by atoms with Crippen LogP contribution in [0.4, 0.5) is 0 Å². The van der Waals surface area contributed by atoms with Crippen LogP contribution in [0, 0.1) is 5.92 Å². The molecule has 1 aromatic carbocycles. The fourth-order valence-electron chi connectivity index (χ4n) is 1.83. The Morgan fingerprint density at radius 1 is 1.32 bits per heavy atom. The molecule has 0 aliphatic carbocycles. The van der Waals surface area contributed by atoms with Crippen molar-refractivity contribution in [3.8, 4) is 0 Å². The summed E-state index contributed by atoms with van der Waals surface area (Å²) in [7, 11) is 1.85. The second-order valence-corrected chi connectivity index (χ2v) is 4.92. The van der Waals surface area contributed by atoms with Gasteiger partial charge in [-0.05, 0) is 31.2 Å². The van der Waals surface area contributed by atoms with Crippen LogP contribution in [-0.4, -0.2) is 19.5 Å². The Balaban J connectivity index is 0.00000324. The van der Waals surface area contributed by atoms with E-state index < -0.39 is 0 Å². The fourth-order valence-corrected chi connectivity index (χ4v) is 1.96. The first-order valence-electron chi connectivity index (χ1n) is 6.29. The van der Waals surface area contributed by atoms with Crippen molar-refractivity contribution < 1.29 is 4.79 Å². The van der Waals surface area contributed by atoms with Gasteiger partial charge in [0, 0.05) is 17.5 Å². The molecule has 1 amide bonds. The summed E-state index contributed by atoms with van der Waals surface area (Å²) in [6, 6.07) is 7.67. The SMILES string of the molecule is CCC(NC(=O)C(C)CNC)c1ccc(Cl)cc1.Cl. The molecule has 0 radical (unpaired) electrons. The first-order valence-corrected chi connectivity index (χ1v) is 6.66. The van der Waals surface area contributed by atoms with Crippen LogP contribution in [0.25, 0.3) is 0 Å². The van der Waals surface area contributed by atoms with Gasteiger partial charge in [-0.15, -0.1) is 12.4 Å². The van der Waals surface area contributed by atoms with E-state index in [0.29, 0.717) is 11.6 Å². The molecule has 1 aromatic rings. The summed E-state index contributed by atoms with van der Waals surface area (Å²) in [5.74, 6) is 0.0440. The number of hydrogen-bond donors (Lipinski definition) is 2. The molecule has 19 heavy (non-hydrogen) atoms. The fraction of sp³-hybridized carbons (Fsp3) is 0.500. The molecule has 0 fully saturated rings. The lowest BCUT2D eigenvalue weighted by Crippen LogP contribution is -2.36. The van der Waals surface area contributed by atoms with E-state index in [0.717, 1.165) is 12.0 Å². The van der Waals surface area contributed by atoms with Crippen molar-refractivity contribution in [3.05, 3.63) is 34.9 Å². The number of nitrogens with one attached hydrogen (secondary N) is 2. The molecule has 108 valence electrons. The molecule has 0 bridgehead atoms. The summed E-state index contributed by atoms with van der Waals surface area (Å²) in [4.78, 5) is 12.0. The van der Waals surface area contributed by atoms with Crippen molar-refractivity contribution in [3.63, 3.8) is 0 Å². The van der Waals surface area contributed by atoms with Gasteiger partial charge >= 0.3 is 0 Å². The minimum absolute atomic E-state index is 0. The molecule has 0 aliphatic heterocycles. The zero-order valence-electron chi connectivity index (χ0n) is 11.6. The van der Waals surface area contributed by atoms with Crippen molar-refractivity contribution in [2.45, 2.75) is 26.3 Å². The smallest absolute Gasteiger partial charge is 0.224 e. The van der Waals surface area contributed by atoms with E-state index in [9.17, 15) is 4.79 Å². The molecule has 0 saturated heterocycles. The highest BCUT2D eigenvalue weighted by molar-refractivity contribution is 6.30. The number of halogens is 2. The Hall–Kier alpha value is -0.770. The maximum atomic E-state index is 12.0. The summed E-state index contributed by atoms with van der Waals surface area (Å²) in [5, 5.41) is 6.79. The molecule has 2 atom stereocenters. The highest BCUT2D eigenvalue weighted by Crippen LogP contribution is 2.19. The van der Waals surface area contributed by atoms with E-state index in [4.69, 9.17) is 11.6 Å². The molecule has 0 heterocycles. The number of benzene rings is 1. The topological polar surface area (TPSA) is 41.1 Å². The Bertz CT molecular complexity index is 382. The van der Waals surface area contributed by atoms with Crippen molar-refractivity contribution in [1.29, 1.82) is 0 Å². The molecular formula is C14H22Cl2N2O. The van der Waals surface area contributed by atoms with Crippen LogP contribution in [0.3, 0.4) is 0 Å². The van der Waals surface area contributed by atoms with Gasteiger partial charge in [0.2, 0.25) is 5.91 Å². The lowest BCUT2D eigenvalue weighted by Gasteiger charge is -2.20. The van der Waals surface area contributed by atoms with Gasteiger partial charge in [0.15, 0.2) is 0 Å². The van der Waals surface area contributed by atoms with Gasteiger partial charge < -0.3 is 10.6 Å². The quantitative estimate of drug-likeness (QED) is 0.847. The minimum atomic E-state index is -0.0312. The monoisotopic (exact) mass is 304 g/mol. The van der Waals surface area contributed by atoms with Crippen LogP contribution in [-0.2, 0) is 4.79 Å². The van der Waals surface area contributed by atoms with Gasteiger partial charge in [-0.25, -0.2) is 0 Å². The van der Waals surface area contributed by atoms with Crippen LogP contribution < -0.4 is 10.6 Å². The average Bonchev–Trinajstić information content (AvgIpc) is 2.37. The van der Waals surface area contributed by atoms with Crippen molar-refractivity contribution in [1.82, 2.24) is 10.6 Å². The van der Waals surface area contributed by atoms with Gasteiger partial charge in [0.25, 0.3) is 0 Å². The molecule has 0 aliphatic rings. The second kappa shape index (κ2) is 9.18. The molecule has 0 aromatic heterocycles. The summed E-state index contributed by atoms with van der Waals surface area (Å²) in [5.41, 5.74) is 1.09. The summed E-state index contributed by atoms with van der Waals surface area (Å²) in [6.45, 7) is 4.66. The zero-order valence-corrected chi connectivity index (χ0v) is 13.1. The van der Waals surface area contributed by atoms with Gasteiger partial charge in [0.05, 0.1) is 6.04 Å². The third kappa shape index (κ3) is 5.81. The van der Waals surface area contributed by atoms with E-state index >= 15 is 0 Å². The molecule has 1 rings (SSSR count). The van der Waals surface area contributed by atoms with E-state index in [-0.39, 0.29) is 30.3 Å². The van der Waals surface area contributed by atoms with E-state index in [1.807, 2.05) is 38.2 Å². The Kier molecular flexibility index (Phi) is 8.81. The van der Waals surface area contributed by atoms with Crippen LogP contribution in [0.15, 0.2) is 24.3 Å². The molecule has 2 N–H and O–H groups in total. The average molecular weight is 305 g/mol. The predicted octanol–water partition coefficient (Wildman–Crippen LogP) is 3.18. The van der Waals surface area contributed by atoms with Crippen LogP contribution in [0.2, 0.25) is 5.02 Å². The first-order chi connectivity index (χ1) is 8.58. The second-order valence-electron chi connectivity index (χ2n) is 4.48. The number of carbonyl (C=O) groups excluding carboxylic acids is 1. The lowest BCUT2D eigenvalue weighted by molar-refractivity contribution is -0.125. The van der Waals surface area contributed by atoms with Crippen LogP contribution in [0.1, 0.15) is 31.9 Å². The van der Waals surface area contributed by atoms with Gasteiger partial charge in [0.1, 0.15) is 0 Å². The maximum Gasteiger partial charge on any atom is 0.224 e. The van der Waals surface area contributed by atoms with Gasteiger partial charge in [-0.1, -0.05) is 37.6 Å². The molecule has 0 spiro atoms. The molecule has 3 nitrogen and oxygen atoms in total. The highest BCUT2D eigenvalue weighted by atomic mass is 35.5. The summed E-state index contributed by atoms with van der Waals surface area (Å²) < 4.78 is 0. The molecule has 5 heteroatoms. The van der Waals surface area contributed by atoms with Crippen LogP contribution in [0.5, 0.6) is 0 Å². The van der Waals surface area contributed by atoms with Crippen LogP contribution >= 0.6 is 24.0 Å². The Morgan fingerprint density at radius 2 is 1.89 bits per heavy atom. The lowest BCUT2D eigenvalue weighted by atomic mass is 10.0. The third-order valence-corrected chi connectivity index (χ3v) is 3.21. The number of amides is 1. The normalized spacial score (nSPS) is 13.3. The number of hydrogen-bond acceptors (Lipinski definition) is 2. The predicted molar refractivity (Wildman–Crippen MR) is 83.0 cm³/mol. The third-order valence-electron chi connectivity index (χ3n) is 2.96. The molecular weight excluding hydrogens is 283 g/mol. The largest absolute Gasteiger partial charge is 0.349 e. The molecule has 2 unspecified atom stereocenters. The summed E-state index contributed by atoms with van der Waals surface area (Å²) >= 11 is 5.86. The van der Waals surface area contributed by atoms with Crippen molar-refractivity contribution in [2.75, 3.05) is 13.6 Å². The summed E-state index contributed by atoms with van der Waals surface area (Å²) in [6.07, 6.45) is 0.861. The zero-order chi connectivity index (χ0) is 13.5. The standard InChI is InChI=1S/C14H21ClN2O.ClH/c1-4-13(11-5-7-12(15)8-6-11)17-14(18)10(2)9-16-3;/h5-8,10,13,16H,4,9H2,1-3H3,(H,17,18);1H. The van der Waals surface area contributed by atoms with Crippen molar-refractivity contribution >= 4 is 29.9 Å². The Morgan fingerprint density at radius 3 is 2.37 bits per heavy atom. The highest BCUT2D eigenvalue weighted by Gasteiger charge is 2.17. The maximum absolute atomic E-state index is 12.0. The van der Waals surface area contributed by atoms with E-state index in [2.05, 4.69) is 17.6 Å². The number of rotatable bonds is 6. The molecule has 0 saturated carbocycles.